The van der Waals surface area contributed by atoms with E-state index in [-0.39, 0.29) is 17.0 Å². The number of carbonyl (C=O) groups is 2. The number of likely N-dealkylation sites (tertiary alicyclic amines) is 1. The molecule has 1 aromatic rings. The van der Waals surface area contributed by atoms with Crippen LogP contribution < -0.4 is 0 Å². The zero-order valence-electron chi connectivity index (χ0n) is 11.3. The summed E-state index contributed by atoms with van der Waals surface area (Å²) in [6.45, 7) is 0.561. The van der Waals surface area contributed by atoms with Gasteiger partial charge in [-0.1, -0.05) is 11.6 Å². The number of hydrogen-bond acceptors (Lipinski definition) is 3. The summed E-state index contributed by atoms with van der Waals surface area (Å²) in [5, 5.41) is 0.154. The fourth-order valence-electron chi connectivity index (χ4n) is 2.29. The smallest absolute Gasteiger partial charge is 0.257 e. The maximum absolute atomic E-state index is 12.6. The summed E-state index contributed by atoms with van der Waals surface area (Å²) in [4.78, 5) is 31.7. The highest BCUT2D eigenvalue weighted by molar-refractivity contribution is 9.10. The number of rotatable bonds is 2. The van der Waals surface area contributed by atoms with Gasteiger partial charge in [-0.2, -0.15) is 0 Å². The van der Waals surface area contributed by atoms with E-state index in [9.17, 15) is 9.59 Å². The predicted molar refractivity (Wildman–Crippen MR) is 79.7 cm³/mol. The molecule has 0 aliphatic carbocycles. The van der Waals surface area contributed by atoms with Crippen molar-refractivity contribution in [3.05, 3.63) is 27.5 Å². The average Bonchev–Trinajstić information content (AvgIpc) is 2.88. The Balaban J connectivity index is 2.28. The Bertz CT molecular complexity index is 550. The highest BCUT2D eigenvalue weighted by Crippen LogP contribution is 2.25. The Labute approximate surface area is 131 Å². The minimum atomic E-state index is -0.410. The minimum absolute atomic E-state index is 0.0603. The van der Waals surface area contributed by atoms with Gasteiger partial charge in [0, 0.05) is 31.3 Å². The summed E-state index contributed by atoms with van der Waals surface area (Å²) in [6.07, 6.45) is 3.03. The number of hydrogen-bond donors (Lipinski definition) is 0. The molecule has 1 unspecified atom stereocenters. The van der Waals surface area contributed by atoms with Gasteiger partial charge in [-0.25, -0.2) is 4.98 Å². The average molecular weight is 361 g/mol. The summed E-state index contributed by atoms with van der Waals surface area (Å²) in [5.74, 6) is -0.309. The molecule has 2 heterocycles. The highest BCUT2D eigenvalue weighted by atomic mass is 79.9. The first kappa shape index (κ1) is 15.3. The fraction of sp³-hybridized carbons (Fsp3) is 0.462. The molecule has 7 heteroatoms. The summed E-state index contributed by atoms with van der Waals surface area (Å²) in [5.41, 5.74) is 0.319. The van der Waals surface area contributed by atoms with E-state index >= 15 is 0 Å². The van der Waals surface area contributed by atoms with Crippen molar-refractivity contribution >= 4 is 39.3 Å². The third-order valence-corrected chi connectivity index (χ3v) is 4.01. The van der Waals surface area contributed by atoms with E-state index in [1.807, 2.05) is 0 Å². The molecule has 0 N–H and O–H groups in total. The zero-order valence-corrected chi connectivity index (χ0v) is 13.6. The number of halogens is 2. The third-order valence-electron chi connectivity index (χ3n) is 3.28. The van der Waals surface area contributed by atoms with E-state index < -0.39 is 6.04 Å². The van der Waals surface area contributed by atoms with Crippen LogP contribution in [0, 0.1) is 0 Å². The number of likely N-dealkylation sites (N-methyl/N-ethyl adjacent to an activating group) is 1. The summed E-state index contributed by atoms with van der Waals surface area (Å²) < 4.78 is 0.680. The quantitative estimate of drug-likeness (QED) is 0.760. The molecule has 2 rings (SSSR count). The molecule has 108 valence electrons. The lowest BCUT2D eigenvalue weighted by atomic mass is 10.1. The fourth-order valence-corrected chi connectivity index (χ4v) is 2.81. The molecule has 0 saturated carbocycles. The number of carbonyl (C=O) groups excluding carboxylic acids is 2. The van der Waals surface area contributed by atoms with Gasteiger partial charge in [-0.15, -0.1) is 0 Å². The summed E-state index contributed by atoms with van der Waals surface area (Å²) in [7, 11) is 3.38. The van der Waals surface area contributed by atoms with Crippen LogP contribution in [-0.2, 0) is 4.79 Å². The van der Waals surface area contributed by atoms with Gasteiger partial charge in [0.1, 0.15) is 11.2 Å². The van der Waals surface area contributed by atoms with Crippen molar-refractivity contribution in [1.29, 1.82) is 0 Å². The molecule has 5 nitrogen and oxygen atoms in total. The number of amides is 2. The SMILES string of the molecule is CN(C)C(=O)C1CCCN1C(=O)c1cc(Br)cnc1Cl. The van der Waals surface area contributed by atoms with E-state index in [1.165, 1.54) is 11.1 Å². The standard InChI is InChI=1S/C13H15BrClN3O2/c1-17(2)13(20)10-4-3-5-18(10)12(19)9-6-8(14)7-16-11(9)15/h6-7,10H,3-5H2,1-2H3. The van der Waals surface area contributed by atoms with E-state index in [2.05, 4.69) is 20.9 Å². The molecule has 2 amide bonds. The van der Waals surface area contributed by atoms with Crippen molar-refractivity contribution < 1.29 is 9.59 Å². The molecule has 1 saturated heterocycles. The molecule has 0 bridgehead atoms. The topological polar surface area (TPSA) is 53.5 Å². The lowest BCUT2D eigenvalue weighted by molar-refractivity contribution is -0.132. The van der Waals surface area contributed by atoms with Crippen molar-refractivity contribution in [1.82, 2.24) is 14.8 Å². The minimum Gasteiger partial charge on any atom is -0.347 e. The number of nitrogens with zero attached hydrogens (tertiary/aromatic N) is 3. The molecule has 0 radical (unpaired) electrons. The van der Waals surface area contributed by atoms with E-state index in [1.54, 1.807) is 25.1 Å². The Kier molecular flexibility index (Phi) is 4.65. The monoisotopic (exact) mass is 359 g/mol. The van der Waals surface area contributed by atoms with Crippen LogP contribution in [0.1, 0.15) is 23.2 Å². The van der Waals surface area contributed by atoms with Crippen LogP contribution in [0.5, 0.6) is 0 Å². The molecule has 1 fully saturated rings. The Morgan fingerprint density at radius 2 is 2.20 bits per heavy atom. The summed E-state index contributed by atoms with van der Waals surface area (Å²) >= 11 is 9.26. The molecular weight excluding hydrogens is 346 g/mol. The van der Waals surface area contributed by atoms with Crippen molar-refractivity contribution in [3.8, 4) is 0 Å². The Morgan fingerprint density at radius 3 is 2.85 bits per heavy atom. The second-order valence-corrected chi connectivity index (χ2v) is 6.15. The molecule has 0 spiro atoms. The van der Waals surface area contributed by atoms with E-state index in [4.69, 9.17) is 11.6 Å². The van der Waals surface area contributed by atoms with Gasteiger partial charge in [0.2, 0.25) is 5.91 Å². The number of pyridine rings is 1. The van der Waals surface area contributed by atoms with Crippen molar-refractivity contribution in [3.63, 3.8) is 0 Å². The van der Waals surface area contributed by atoms with Crippen LogP contribution >= 0.6 is 27.5 Å². The summed E-state index contributed by atoms with van der Waals surface area (Å²) in [6, 6.07) is 1.22. The van der Waals surface area contributed by atoms with Gasteiger partial charge in [-0.3, -0.25) is 9.59 Å². The number of aromatic nitrogens is 1. The molecule has 1 aromatic heterocycles. The predicted octanol–water partition coefficient (Wildman–Crippen LogP) is 2.19. The highest BCUT2D eigenvalue weighted by Gasteiger charge is 2.36. The van der Waals surface area contributed by atoms with E-state index in [0.717, 1.165) is 6.42 Å². The van der Waals surface area contributed by atoms with Gasteiger partial charge in [0.05, 0.1) is 5.56 Å². The van der Waals surface area contributed by atoms with Crippen molar-refractivity contribution in [2.24, 2.45) is 0 Å². The maximum Gasteiger partial charge on any atom is 0.257 e. The molecule has 1 aliphatic heterocycles. The first-order valence-electron chi connectivity index (χ1n) is 6.25. The van der Waals surface area contributed by atoms with E-state index in [0.29, 0.717) is 23.0 Å². The lowest BCUT2D eigenvalue weighted by Gasteiger charge is -2.26. The van der Waals surface area contributed by atoms with Crippen LogP contribution in [-0.4, -0.2) is 53.3 Å². The molecule has 1 aliphatic rings. The molecule has 1 atom stereocenters. The van der Waals surface area contributed by atoms with Crippen LogP contribution in [0.3, 0.4) is 0 Å². The van der Waals surface area contributed by atoms with Gasteiger partial charge >= 0.3 is 0 Å². The van der Waals surface area contributed by atoms with Crippen LogP contribution in [0.2, 0.25) is 5.15 Å². The second kappa shape index (κ2) is 6.10. The molecule has 20 heavy (non-hydrogen) atoms. The van der Waals surface area contributed by atoms with Crippen molar-refractivity contribution in [2.75, 3.05) is 20.6 Å². The first-order chi connectivity index (χ1) is 9.41. The third kappa shape index (κ3) is 2.96. The zero-order chi connectivity index (χ0) is 14.9. The van der Waals surface area contributed by atoms with Crippen molar-refractivity contribution in [2.45, 2.75) is 18.9 Å². The van der Waals surface area contributed by atoms with Gasteiger partial charge in [0.25, 0.3) is 5.91 Å². The van der Waals surface area contributed by atoms with Gasteiger partial charge in [0.15, 0.2) is 0 Å². The Hall–Kier alpha value is -1.14. The van der Waals surface area contributed by atoms with Crippen LogP contribution in [0.25, 0.3) is 0 Å². The van der Waals surface area contributed by atoms with Gasteiger partial charge in [-0.05, 0) is 34.8 Å². The van der Waals surface area contributed by atoms with Crippen LogP contribution in [0.4, 0.5) is 0 Å². The normalized spacial score (nSPS) is 18.2. The maximum atomic E-state index is 12.6. The largest absolute Gasteiger partial charge is 0.347 e. The van der Waals surface area contributed by atoms with Gasteiger partial charge < -0.3 is 9.80 Å². The lowest BCUT2D eigenvalue weighted by Crippen LogP contribution is -2.45. The Morgan fingerprint density at radius 1 is 1.50 bits per heavy atom. The second-order valence-electron chi connectivity index (χ2n) is 4.88. The first-order valence-corrected chi connectivity index (χ1v) is 7.42. The van der Waals surface area contributed by atoms with Crippen LogP contribution in [0.15, 0.2) is 16.7 Å². The molecule has 0 aromatic carbocycles. The molecular formula is C13H15BrClN3O2.